The predicted molar refractivity (Wildman–Crippen MR) is 80.1 cm³/mol. The third-order valence-corrected chi connectivity index (χ3v) is 4.32. The molecule has 0 amide bonds. The Bertz CT molecular complexity index is 543. The fraction of sp³-hybridized carbons (Fsp3) is 0.154. The number of hydrogen-bond acceptors (Lipinski definition) is 3. The highest BCUT2D eigenvalue weighted by atomic mass is 79.9. The molecule has 1 atom stereocenters. The summed E-state index contributed by atoms with van der Waals surface area (Å²) in [7, 11) is 0. The minimum Gasteiger partial charge on any atom is -0.324 e. The van der Waals surface area contributed by atoms with Crippen LogP contribution >= 0.6 is 39.3 Å². The van der Waals surface area contributed by atoms with Crippen molar-refractivity contribution in [1.82, 2.24) is 4.98 Å². The Morgan fingerprint density at radius 2 is 2.11 bits per heavy atom. The molecule has 1 aromatic heterocycles. The summed E-state index contributed by atoms with van der Waals surface area (Å²) in [6.07, 6.45) is 1.77. The van der Waals surface area contributed by atoms with E-state index in [4.69, 9.17) is 17.3 Å². The van der Waals surface area contributed by atoms with Gasteiger partial charge in [0.05, 0.1) is 5.02 Å². The van der Waals surface area contributed by atoms with Gasteiger partial charge in [-0.2, -0.15) is 0 Å². The highest BCUT2D eigenvalue weighted by Gasteiger charge is 2.07. The van der Waals surface area contributed by atoms with Crippen molar-refractivity contribution in [1.29, 1.82) is 0 Å². The molecule has 2 N–H and O–H groups in total. The molecule has 0 saturated carbocycles. The Hall–Kier alpha value is -0.550. The molecule has 18 heavy (non-hydrogen) atoms. The van der Waals surface area contributed by atoms with Gasteiger partial charge in [0, 0.05) is 21.6 Å². The maximum Gasteiger partial charge on any atom is 0.101 e. The molecule has 1 aromatic carbocycles. The second-order valence-corrected chi connectivity index (χ2v) is 6.28. The molecule has 0 aliphatic heterocycles. The lowest BCUT2D eigenvalue weighted by Gasteiger charge is -2.09. The second-order valence-electron chi connectivity index (χ2n) is 3.90. The molecule has 0 spiro atoms. The minimum absolute atomic E-state index is 0.00708. The fourth-order valence-electron chi connectivity index (χ4n) is 1.42. The summed E-state index contributed by atoms with van der Waals surface area (Å²) in [4.78, 5) is 5.29. The van der Waals surface area contributed by atoms with Gasteiger partial charge in [-0.05, 0) is 52.7 Å². The van der Waals surface area contributed by atoms with Crippen molar-refractivity contribution < 1.29 is 0 Å². The van der Waals surface area contributed by atoms with Crippen molar-refractivity contribution in [3.8, 4) is 0 Å². The van der Waals surface area contributed by atoms with Crippen LogP contribution in [0.15, 0.2) is 50.9 Å². The number of halogens is 2. The Kier molecular flexibility index (Phi) is 4.67. The molecule has 0 fully saturated rings. The molecule has 0 aliphatic rings. The molecular weight excluding hydrogens is 332 g/mol. The van der Waals surface area contributed by atoms with Gasteiger partial charge >= 0.3 is 0 Å². The maximum atomic E-state index is 6.24. The van der Waals surface area contributed by atoms with Crippen LogP contribution in [0.5, 0.6) is 0 Å². The van der Waals surface area contributed by atoms with Gasteiger partial charge in [0.2, 0.25) is 0 Å². The number of nitrogens with two attached hydrogens (primary N) is 1. The summed E-state index contributed by atoms with van der Waals surface area (Å²) < 4.78 is 0.963. The molecule has 2 aromatic rings. The van der Waals surface area contributed by atoms with Crippen molar-refractivity contribution in [3.63, 3.8) is 0 Å². The standard InChI is InChI=1S/C13H12BrClN2S/c1-8(16)9-2-4-12(11(15)6-9)18-13-5-3-10(14)7-17-13/h2-8H,16H2,1H3. The van der Waals surface area contributed by atoms with Gasteiger partial charge in [0.25, 0.3) is 0 Å². The smallest absolute Gasteiger partial charge is 0.101 e. The van der Waals surface area contributed by atoms with Gasteiger partial charge in [-0.25, -0.2) is 4.98 Å². The summed E-state index contributed by atoms with van der Waals surface area (Å²) in [6, 6.07) is 9.79. The molecular formula is C13H12BrClN2S. The van der Waals surface area contributed by atoms with Crippen LogP contribution in [-0.4, -0.2) is 4.98 Å². The van der Waals surface area contributed by atoms with Crippen molar-refractivity contribution in [3.05, 3.63) is 51.6 Å². The van der Waals surface area contributed by atoms with Gasteiger partial charge in [-0.3, -0.25) is 0 Å². The Labute approximate surface area is 124 Å². The average molecular weight is 344 g/mol. The molecule has 0 aliphatic carbocycles. The van der Waals surface area contributed by atoms with Gasteiger partial charge in [-0.1, -0.05) is 29.4 Å². The van der Waals surface area contributed by atoms with Crippen molar-refractivity contribution >= 4 is 39.3 Å². The second kappa shape index (κ2) is 6.06. The van der Waals surface area contributed by atoms with Crippen LogP contribution in [0.2, 0.25) is 5.02 Å². The monoisotopic (exact) mass is 342 g/mol. The lowest BCUT2D eigenvalue weighted by molar-refractivity contribution is 0.817. The topological polar surface area (TPSA) is 38.9 Å². The fourth-order valence-corrected chi connectivity index (χ4v) is 2.72. The molecule has 1 unspecified atom stereocenters. The van der Waals surface area contributed by atoms with Crippen LogP contribution in [0, 0.1) is 0 Å². The van der Waals surface area contributed by atoms with Crippen molar-refractivity contribution in [2.45, 2.75) is 22.9 Å². The Morgan fingerprint density at radius 3 is 2.67 bits per heavy atom. The van der Waals surface area contributed by atoms with E-state index in [1.165, 1.54) is 11.8 Å². The summed E-state index contributed by atoms with van der Waals surface area (Å²) in [6.45, 7) is 1.94. The first kappa shape index (κ1) is 13.9. The van der Waals surface area contributed by atoms with E-state index < -0.39 is 0 Å². The van der Waals surface area contributed by atoms with Crippen LogP contribution in [-0.2, 0) is 0 Å². The van der Waals surface area contributed by atoms with Crippen LogP contribution in [0.25, 0.3) is 0 Å². The molecule has 0 radical (unpaired) electrons. The lowest BCUT2D eigenvalue weighted by atomic mass is 10.1. The molecule has 0 saturated heterocycles. The van der Waals surface area contributed by atoms with E-state index in [0.29, 0.717) is 5.02 Å². The normalized spacial score (nSPS) is 12.4. The van der Waals surface area contributed by atoms with Gasteiger partial charge in [0.15, 0.2) is 0 Å². The minimum atomic E-state index is -0.00708. The number of pyridine rings is 1. The van der Waals surface area contributed by atoms with Gasteiger partial charge in [-0.15, -0.1) is 0 Å². The summed E-state index contributed by atoms with van der Waals surface area (Å²) >= 11 is 11.1. The highest BCUT2D eigenvalue weighted by molar-refractivity contribution is 9.10. The zero-order valence-corrected chi connectivity index (χ0v) is 12.9. The Balaban J connectivity index is 2.22. The van der Waals surface area contributed by atoms with Crippen LogP contribution in [0.3, 0.4) is 0 Å². The number of aromatic nitrogens is 1. The Morgan fingerprint density at radius 1 is 1.33 bits per heavy atom. The van der Waals surface area contributed by atoms with Crippen LogP contribution < -0.4 is 5.73 Å². The molecule has 2 nitrogen and oxygen atoms in total. The quantitative estimate of drug-likeness (QED) is 0.880. The zero-order valence-electron chi connectivity index (χ0n) is 9.73. The molecule has 5 heteroatoms. The van der Waals surface area contributed by atoms with Crippen LogP contribution in [0.4, 0.5) is 0 Å². The number of nitrogens with zero attached hydrogens (tertiary/aromatic N) is 1. The van der Waals surface area contributed by atoms with E-state index >= 15 is 0 Å². The number of hydrogen-bond donors (Lipinski definition) is 1. The van der Waals surface area contributed by atoms with E-state index in [1.807, 2.05) is 37.3 Å². The first-order chi connectivity index (χ1) is 8.56. The number of rotatable bonds is 3. The van der Waals surface area contributed by atoms with Crippen molar-refractivity contribution in [2.24, 2.45) is 5.73 Å². The third-order valence-electron chi connectivity index (χ3n) is 2.40. The summed E-state index contributed by atoms with van der Waals surface area (Å²) in [5.41, 5.74) is 6.85. The molecule has 0 bridgehead atoms. The van der Waals surface area contributed by atoms with E-state index in [2.05, 4.69) is 20.9 Å². The van der Waals surface area contributed by atoms with Gasteiger partial charge < -0.3 is 5.73 Å². The van der Waals surface area contributed by atoms with E-state index in [1.54, 1.807) is 6.20 Å². The van der Waals surface area contributed by atoms with Crippen molar-refractivity contribution in [2.75, 3.05) is 0 Å². The van der Waals surface area contributed by atoms with E-state index in [0.717, 1.165) is 20.0 Å². The van der Waals surface area contributed by atoms with E-state index in [9.17, 15) is 0 Å². The lowest BCUT2D eigenvalue weighted by Crippen LogP contribution is -2.04. The third kappa shape index (κ3) is 3.48. The SMILES string of the molecule is CC(N)c1ccc(Sc2ccc(Br)cn2)c(Cl)c1. The first-order valence-corrected chi connectivity index (χ1v) is 7.39. The first-order valence-electron chi connectivity index (χ1n) is 5.40. The molecule has 2 rings (SSSR count). The van der Waals surface area contributed by atoms with E-state index in [-0.39, 0.29) is 6.04 Å². The largest absolute Gasteiger partial charge is 0.324 e. The summed E-state index contributed by atoms with van der Waals surface area (Å²) in [5.74, 6) is 0. The molecule has 1 heterocycles. The average Bonchev–Trinajstić information content (AvgIpc) is 2.34. The molecule has 94 valence electrons. The maximum absolute atomic E-state index is 6.24. The summed E-state index contributed by atoms with van der Waals surface area (Å²) in [5, 5.41) is 1.62. The number of benzene rings is 1. The van der Waals surface area contributed by atoms with Gasteiger partial charge in [0.1, 0.15) is 5.03 Å². The van der Waals surface area contributed by atoms with Crippen LogP contribution in [0.1, 0.15) is 18.5 Å². The highest BCUT2D eigenvalue weighted by Crippen LogP contribution is 2.33. The zero-order chi connectivity index (χ0) is 13.1. The predicted octanol–water partition coefficient (Wildman–Crippen LogP) is 4.67.